The maximum absolute atomic E-state index is 5.37. The molecule has 2 aromatic rings. The molecule has 1 N–H and O–H groups in total. The molecule has 18 heavy (non-hydrogen) atoms. The first-order valence-corrected chi connectivity index (χ1v) is 6.26. The first kappa shape index (κ1) is 11.2. The fourth-order valence-electron chi connectivity index (χ4n) is 2.11. The molecule has 0 aromatic carbocycles. The van der Waals surface area contributed by atoms with Crippen LogP contribution in [-0.4, -0.2) is 36.1 Å². The van der Waals surface area contributed by atoms with Crippen molar-refractivity contribution in [3.8, 4) is 11.5 Å². The number of anilines is 1. The molecule has 1 aliphatic heterocycles. The first-order chi connectivity index (χ1) is 8.93. The molecule has 94 valence electrons. The molecule has 5 nitrogen and oxygen atoms in total. The fourth-order valence-corrected chi connectivity index (χ4v) is 2.11. The van der Waals surface area contributed by atoms with Gasteiger partial charge in [0.25, 0.3) is 0 Å². The lowest BCUT2D eigenvalue weighted by atomic mass is 10.3. The van der Waals surface area contributed by atoms with E-state index in [-0.39, 0.29) is 0 Å². The van der Waals surface area contributed by atoms with Crippen molar-refractivity contribution in [3.05, 3.63) is 30.7 Å². The van der Waals surface area contributed by atoms with Crippen LogP contribution in [0.5, 0.6) is 0 Å². The lowest BCUT2D eigenvalue weighted by Crippen LogP contribution is -2.29. The summed E-state index contributed by atoms with van der Waals surface area (Å²) >= 11 is 0. The van der Waals surface area contributed by atoms with Crippen molar-refractivity contribution in [3.63, 3.8) is 0 Å². The normalized spacial score (nSPS) is 16.6. The van der Waals surface area contributed by atoms with Crippen molar-refractivity contribution in [2.45, 2.75) is 6.42 Å². The van der Waals surface area contributed by atoms with E-state index in [1.165, 1.54) is 0 Å². The predicted octanol–water partition coefficient (Wildman–Crippen LogP) is 1.54. The molecule has 0 atom stereocenters. The van der Waals surface area contributed by atoms with E-state index in [1.807, 2.05) is 18.2 Å². The Bertz CT molecular complexity index is 489. The van der Waals surface area contributed by atoms with Crippen molar-refractivity contribution in [1.29, 1.82) is 0 Å². The molecule has 0 radical (unpaired) electrons. The minimum absolute atomic E-state index is 0.784. The zero-order valence-corrected chi connectivity index (χ0v) is 10.2. The Morgan fingerprint density at radius 3 is 3.11 bits per heavy atom. The van der Waals surface area contributed by atoms with E-state index in [0.29, 0.717) is 0 Å². The maximum Gasteiger partial charge on any atom is 0.226 e. The Morgan fingerprint density at radius 2 is 2.22 bits per heavy atom. The third kappa shape index (κ3) is 2.36. The number of aromatic nitrogens is 2. The molecule has 3 heterocycles. The van der Waals surface area contributed by atoms with Crippen molar-refractivity contribution in [2.75, 3.05) is 31.1 Å². The van der Waals surface area contributed by atoms with Gasteiger partial charge in [0.1, 0.15) is 5.69 Å². The standard InChI is InChI=1S/C13H16N4O/c1-3-12(18-10-1)11-4-6-15-13(16-11)17-8-2-5-14-7-9-17/h1,3-4,6,10,14H,2,5,7-9H2. The van der Waals surface area contributed by atoms with Crippen LogP contribution in [0.15, 0.2) is 35.1 Å². The topological polar surface area (TPSA) is 54.2 Å². The van der Waals surface area contributed by atoms with Gasteiger partial charge in [0.15, 0.2) is 5.76 Å². The lowest BCUT2D eigenvalue weighted by molar-refractivity contribution is 0.579. The summed E-state index contributed by atoms with van der Waals surface area (Å²) in [5.41, 5.74) is 0.835. The van der Waals surface area contributed by atoms with E-state index >= 15 is 0 Å². The molecule has 1 fully saturated rings. The maximum atomic E-state index is 5.37. The van der Waals surface area contributed by atoms with Gasteiger partial charge in [-0.25, -0.2) is 9.97 Å². The van der Waals surface area contributed by atoms with Gasteiger partial charge in [0.05, 0.1) is 6.26 Å². The summed E-state index contributed by atoms with van der Waals surface area (Å²) in [5, 5.41) is 3.37. The van der Waals surface area contributed by atoms with Crippen LogP contribution in [0, 0.1) is 0 Å². The quantitative estimate of drug-likeness (QED) is 0.868. The molecule has 0 aliphatic carbocycles. The van der Waals surface area contributed by atoms with E-state index in [4.69, 9.17) is 4.42 Å². The van der Waals surface area contributed by atoms with Gasteiger partial charge in [0.2, 0.25) is 5.95 Å². The van der Waals surface area contributed by atoms with E-state index in [0.717, 1.165) is 50.0 Å². The first-order valence-electron chi connectivity index (χ1n) is 6.26. The molecular formula is C13H16N4O. The third-order valence-electron chi connectivity index (χ3n) is 3.04. The number of hydrogen-bond acceptors (Lipinski definition) is 5. The van der Waals surface area contributed by atoms with Crippen molar-refractivity contribution in [1.82, 2.24) is 15.3 Å². The summed E-state index contributed by atoms with van der Waals surface area (Å²) in [6.45, 7) is 3.99. The number of rotatable bonds is 2. The Kier molecular flexibility index (Phi) is 3.23. The van der Waals surface area contributed by atoms with E-state index < -0.39 is 0 Å². The SMILES string of the molecule is c1coc(-c2ccnc(N3CCCNCC3)n2)c1. The Morgan fingerprint density at radius 1 is 1.22 bits per heavy atom. The predicted molar refractivity (Wildman–Crippen MR) is 69.4 cm³/mol. The lowest BCUT2D eigenvalue weighted by Gasteiger charge is -2.19. The molecule has 0 unspecified atom stereocenters. The number of nitrogens with one attached hydrogen (secondary N) is 1. The number of hydrogen-bond donors (Lipinski definition) is 1. The third-order valence-corrected chi connectivity index (χ3v) is 3.04. The molecule has 1 aliphatic rings. The average Bonchev–Trinajstić information content (AvgIpc) is 2.82. The average molecular weight is 244 g/mol. The van der Waals surface area contributed by atoms with Crippen molar-refractivity contribution < 1.29 is 4.42 Å². The van der Waals surface area contributed by atoms with Gasteiger partial charge in [0, 0.05) is 25.8 Å². The van der Waals surface area contributed by atoms with Gasteiger partial charge >= 0.3 is 0 Å². The monoisotopic (exact) mass is 244 g/mol. The summed E-state index contributed by atoms with van der Waals surface area (Å²) in [7, 11) is 0. The highest BCUT2D eigenvalue weighted by Gasteiger charge is 2.13. The molecular weight excluding hydrogens is 228 g/mol. The molecule has 3 rings (SSSR count). The van der Waals surface area contributed by atoms with Crippen LogP contribution in [-0.2, 0) is 0 Å². The smallest absolute Gasteiger partial charge is 0.226 e. The number of furan rings is 1. The largest absolute Gasteiger partial charge is 0.463 e. The van der Waals surface area contributed by atoms with Crippen LogP contribution in [0.4, 0.5) is 5.95 Å². The second-order valence-corrected chi connectivity index (χ2v) is 4.31. The van der Waals surface area contributed by atoms with Crippen LogP contribution >= 0.6 is 0 Å². The number of nitrogens with zero attached hydrogens (tertiary/aromatic N) is 3. The van der Waals surface area contributed by atoms with Crippen molar-refractivity contribution >= 4 is 5.95 Å². The van der Waals surface area contributed by atoms with E-state index in [1.54, 1.807) is 12.5 Å². The van der Waals surface area contributed by atoms with Gasteiger partial charge in [-0.05, 0) is 31.2 Å². The zero-order valence-electron chi connectivity index (χ0n) is 10.2. The summed E-state index contributed by atoms with van der Waals surface area (Å²) in [4.78, 5) is 11.1. The highest BCUT2D eigenvalue weighted by Crippen LogP contribution is 2.19. The highest BCUT2D eigenvalue weighted by atomic mass is 16.3. The van der Waals surface area contributed by atoms with Crippen LogP contribution < -0.4 is 10.2 Å². The summed E-state index contributed by atoms with van der Waals surface area (Å²) in [6.07, 6.45) is 4.57. The highest BCUT2D eigenvalue weighted by molar-refractivity contribution is 5.53. The molecule has 2 aromatic heterocycles. The Balaban J connectivity index is 1.86. The van der Waals surface area contributed by atoms with Crippen LogP contribution in [0.3, 0.4) is 0 Å². The summed E-state index contributed by atoms with van der Waals surface area (Å²) in [5.74, 6) is 1.57. The van der Waals surface area contributed by atoms with Gasteiger partial charge < -0.3 is 14.6 Å². The fraction of sp³-hybridized carbons (Fsp3) is 0.385. The van der Waals surface area contributed by atoms with Crippen LogP contribution in [0.25, 0.3) is 11.5 Å². The van der Waals surface area contributed by atoms with Gasteiger partial charge in [-0.2, -0.15) is 0 Å². The summed E-state index contributed by atoms with van der Waals surface area (Å²) in [6, 6.07) is 5.65. The molecule has 0 bridgehead atoms. The molecule has 0 amide bonds. The van der Waals surface area contributed by atoms with Gasteiger partial charge in [-0.1, -0.05) is 0 Å². The Hall–Kier alpha value is -1.88. The minimum Gasteiger partial charge on any atom is -0.463 e. The van der Waals surface area contributed by atoms with Crippen LogP contribution in [0.1, 0.15) is 6.42 Å². The zero-order chi connectivity index (χ0) is 12.2. The second kappa shape index (κ2) is 5.18. The minimum atomic E-state index is 0.784. The van der Waals surface area contributed by atoms with Crippen LogP contribution in [0.2, 0.25) is 0 Å². The van der Waals surface area contributed by atoms with Gasteiger partial charge in [-0.15, -0.1) is 0 Å². The summed E-state index contributed by atoms with van der Waals surface area (Å²) < 4.78 is 5.37. The Labute approximate surface area is 106 Å². The molecule has 5 heteroatoms. The second-order valence-electron chi connectivity index (χ2n) is 4.31. The van der Waals surface area contributed by atoms with E-state index in [9.17, 15) is 0 Å². The molecule has 0 saturated carbocycles. The van der Waals surface area contributed by atoms with Gasteiger partial charge in [-0.3, -0.25) is 0 Å². The molecule has 0 spiro atoms. The molecule has 1 saturated heterocycles. The van der Waals surface area contributed by atoms with Crippen molar-refractivity contribution in [2.24, 2.45) is 0 Å². The van der Waals surface area contributed by atoms with E-state index in [2.05, 4.69) is 20.2 Å².